The molecule has 0 atom stereocenters. The molecule has 1 rings (SSSR count). The number of carbonyl (C=O) groups excluding carboxylic acids is 1. The Kier molecular flexibility index (Phi) is 9.85. The number of unbranched alkanes of at least 4 members (excludes halogenated alkanes) is 1. The minimum Gasteiger partial charge on any atom is -0.479 e. The number of ether oxygens (including phenoxy) is 2. The molecule has 4 nitrogen and oxygen atoms in total. The maximum absolute atomic E-state index is 12.5. The number of benzene rings is 1. The SMILES string of the molecule is C=C(OCC(C)C)N(CCCC)Cc1ccccc1C(=O)OCC(C)C. The van der Waals surface area contributed by atoms with Crippen molar-refractivity contribution in [3.05, 3.63) is 47.9 Å². The number of nitrogens with zero attached hydrogens (tertiary/aromatic N) is 1. The summed E-state index contributed by atoms with van der Waals surface area (Å²) in [5, 5.41) is 0. The monoisotopic (exact) mass is 361 g/mol. The molecule has 1 aromatic rings. The van der Waals surface area contributed by atoms with Crippen molar-refractivity contribution in [3.63, 3.8) is 0 Å². The third kappa shape index (κ3) is 7.94. The van der Waals surface area contributed by atoms with E-state index in [0.717, 1.165) is 24.9 Å². The van der Waals surface area contributed by atoms with Gasteiger partial charge in [0.1, 0.15) is 0 Å². The highest BCUT2D eigenvalue weighted by Gasteiger charge is 2.17. The molecule has 0 unspecified atom stereocenters. The van der Waals surface area contributed by atoms with Gasteiger partial charge in [0.2, 0.25) is 0 Å². The minimum atomic E-state index is -0.265. The average molecular weight is 362 g/mol. The summed E-state index contributed by atoms with van der Waals surface area (Å²) < 4.78 is 11.3. The van der Waals surface area contributed by atoms with Gasteiger partial charge in [-0.05, 0) is 36.5 Å². The average Bonchev–Trinajstić information content (AvgIpc) is 2.61. The largest absolute Gasteiger partial charge is 0.479 e. The first-order valence-corrected chi connectivity index (χ1v) is 9.66. The summed E-state index contributed by atoms with van der Waals surface area (Å²) in [4.78, 5) is 14.6. The van der Waals surface area contributed by atoms with Crippen molar-refractivity contribution in [1.29, 1.82) is 0 Å². The van der Waals surface area contributed by atoms with Gasteiger partial charge in [0, 0.05) is 13.1 Å². The Morgan fingerprint density at radius 1 is 1.08 bits per heavy atom. The molecular weight excluding hydrogens is 326 g/mol. The van der Waals surface area contributed by atoms with E-state index in [9.17, 15) is 4.79 Å². The van der Waals surface area contributed by atoms with Crippen molar-refractivity contribution in [2.75, 3.05) is 19.8 Å². The predicted octanol–water partition coefficient (Wildman–Crippen LogP) is 5.25. The van der Waals surface area contributed by atoms with E-state index in [0.29, 0.717) is 43.0 Å². The van der Waals surface area contributed by atoms with Crippen LogP contribution in [0.3, 0.4) is 0 Å². The van der Waals surface area contributed by atoms with Crippen molar-refractivity contribution in [1.82, 2.24) is 4.90 Å². The van der Waals surface area contributed by atoms with E-state index in [1.165, 1.54) is 0 Å². The normalized spacial score (nSPS) is 10.9. The second-order valence-electron chi connectivity index (χ2n) is 7.52. The predicted molar refractivity (Wildman–Crippen MR) is 107 cm³/mol. The summed E-state index contributed by atoms with van der Waals surface area (Å²) in [5.41, 5.74) is 1.55. The fourth-order valence-electron chi connectivity index (χ4n) is 2.38. The fraction of sp³-hybridized carbons (Fsp3) is 0.591. The molecule has 0 aliphatic rings. The topological polar surface area (TPSA) is 38.8 Å². The molecule has 0 saturated heterocycles. The Hall–Kier alpha value is -1.97. The highest BCUT2D eigenvalue weighted by molar-refractivity contribution is 5.91. The first kappa shape index (κ1) is 22.1. The van der Waals surface area contributed by atoms with E-state index in [2.05, 4.69) is 32.3 Å². The molecule has 1 aromatic carbocycles. The second kappa shape index (κ2) is 11.6. The van der Waals surface area contributed by atoms with Crippen molar-refractivity contribution in [2.24, 2.45) is 11.8 Å². The highest BCUT2D eigenvalue weighted by atomic mass is 16.5. The Balaban J connectivity index is 2.89. The molecule has 0 radical (unpaired) electrons. The molecule has 0 amide bonds. The van der Waals surface area contributed by atoms with Crippen LogP contribution in [0, 0.1) is 11.8 Å². The van der Waals surface area contributed by atoms with Crippen molar-refractivity contribution >= 4 is 5.97 Å². The molecule has 0 N–H and O–H groups in total. The molecule has 0 spiro atoms. The van der Waals surface area contributed by atoms with Gasteiger partial charge in [0.25, 0.3) is 0 Å². The summed E-state index contributed by atoms with van der Waals surface area (Å²) in [6.07, 6.45) is 2.13. The van der Waals surface area contributed by atoms with Gasteiger partial charge in [0.15, 0.2) is 5.88 Å². The molecule has 0 heterocycles. The molecule has 0 bridgehead atoms. The fourth-order valence-corrected chi connectivity index (χ4v) is 2.38. The van der Waals surface area contributed by atoms with Gasteiger partial charge >= 0.3 is 5.97 Å². The number of hydrogen-bond acceptors (Lipinski definition) is 4. The van der Waals surface area contributed by atoms with E-state index >= 15 is 0 Å². The lowest BCUT2D eigenvalue weighted by molar-refractivity contribution is 0.0454. The number of esters is 1. The molecule has 0 saturated carbocycles. The number of rotatable bonds is 12. The van der Waals surface area contributed by atoms with Gasteiger partial charge < -0.3 is 14.4 Å². The van der Waals surface area contributed by atoms with Gasteiger partial charge in [-0.15, -0.1) is 0 Å². The maximum atomic E-state index is 12.5. The van der Waals surface area contributed by atoms with Gasteiger partial charge in [0.05, 0.1) is 18.8 Å². The lowest BCUT2D eigenvalue weighted by Gasteiger charge is -2.27. The van der Waals surface area contributed by atoms with Crippen LogP contribution in [0.5, 0.6) is 0 Å². The zero-order chi connectivity index (χ0) is 19.5. The third-order valence-corrected chi connectivity index (χ3v) is 3.86. The van der Waals surface area contributed by atoms with Gasteiger partial charge in [-0.25, -0.2) is 4.79 Å². The Bertz CT molecular complexity index is 566. The van der Waals surface area contributed by atoms with Gasteiger partial charge in [-0.1, -0.05) is 59.2 Å². The summed E-state index contributed by atoms with van der Waals surface area (Å²) in [6, 6.07) is 7.62. The van der Waals surface area contributed by atoms with Crippen LogP contribution in [0.1, 0.15) is 63.4 Å². The molecule has 0 fully saturated rings. The van der Waals surface area contributed by atoms with E-state index in [-0.39, 0.29) is 5.97 Å². The van der Waals surface area contributed by atoms with Crippen LogP contribution in [0.2, 0.25) is 0 Å². The van der Waals surface area contributed by atoms with Crippen LogP contribution in [0.15, 0.2) is 36.7 Å². The minimum absolute atomic E-state index is 0.265. The lowest BCUT2D eigenvalue weighted by Crippen LogP contribution is -2.27. The number of carbonyl (C=O) groups is 1. The van der Waals surface area contributed by atoms with Gasteiger partial charge in [-0.3, -0.25) is 0 Å². The van der Waals surface area contributed by atoms with E-state index in [4.69, 9.17) is 9.47 Å². The van der Waals surface area contributed by atoms with Crippen LogP contribution in [0.25, 0.3) is 0 Å². The molecule has 0 aliphatic carbocycles. The van der Waals surface area contributed by atoms with Gasteiger partial charge in [-0.2, -0.15) is 0 Å². The second-order valence-corrected chi connectivity index (χ2v) is 7.52. The Morgan fingerprint density at radius 3 is 2.31 bits per heavy atom. The molecule has 26 heavy (non-hydrogen) atoms. The summed E-state index contributed by atoms with van der Waals surface area (Å²) >= 11 is 0. The molecule has 0 aromatic heterocycles. The maximum Gasteiger partial charge on any atom is 0.338 e. The molecule has 146 valence electrons. The standard InChI is InChI=1S/C22H35NO3/c1-7-8-13-23(19(6)25-15-17(2)3)14-20-11-9-10-12-21(20)22(24)26-16-18(4)5/h9-12,17-18H,6-8,13-16H2,1-5H3. The van der Waals surface area contributed by atoms with Crippen molar-refractivity contribution < 1.29 is 14.3 Å². The van der Waals surface area contributed by atoms with Crippen LogP contribution >= 0.6 is 0 Å². The zero-order valence-corrected chi connectivity index (χ0v) is 17.1. The van der Waals surface area contributed by atoms with Crippen molar-refractivity contribution in [3.8, 4) is 0 Å². The first-order valence-electron chi connectivity index (χ1n) is 9.66. The third-order valence-electron chi connectivity index (χ3n) is 3.86. The smallest absolute Gasteiger partial charge is 0.338 e. The molecule has 4 heteroatoms. The summed E-state index contributed by atoms with van der Waals surface area (Å²) in [5.74, 6) is 1.16. The highest BCUT2D eigenvalue weighted by Crippen LogP contribution is 2.18. The molecule has 0 aliphatic heterocycles. The summed E-state index contributed by atoms with van der Waals surface area (Å²) in [6.45, 7) is 17.0. The van der Waals surface area contributed by atoms with Crippen LogP contribution in [-0.2, 0) is 16.0 Å². The summed E-state index contributed by atoms with van der Waals surface area (Å²) in [7, 11) is 0. The van der Waals surface area contributed by atoms with E-state index < -0.39 is 0 Å². The van der Waals surface area contributed by atoms with Crippen LogP contribution < -0.4 is 0 Å². The lowest BCUT2D eigenvalue weighted by atomic mass is 10.1. The first-order chi connectivity index (χ1) is 12.3. The molecular formula is C22H35NO3. The van der Waals surface area contributed by atoms with E-state index in [1.807, 2.05) is 38.1 Å². The zero-order valence-electron chi connectivity index (χ0n) is 17.1. The van der Waals surface area contributed by atoms with E-state index in [1.54, 1.807) is 0 Å². The quantitative estimate of drug-likeness (QED) is 0.377. The number of hydrogen-bond donors (Lipinski definition) is 0. The van der Waals surface area contributed by atoms with Crippen LogP contribution in [0.4, 0.5) is 0 Å². The van der Waals surface area contributed by atoms with Crippen LogP contribution in [-0.4, -0.2) is 30.6 Å². The Morgan fingerprint density at radius 2 is 1.69 bits per heavy atom. The van der Waals surface area contributed by atoms with Crippen molar-refractivity contribution in [2.45, 2.75) is 54.0 Å². The Labute approximate surface area is 159 Å².